The zero-order chi connectivity index (χ0) is 17.0. The van der Waals surface area contributed by atoms with Crippen LogP contribution in [0.1, 0.15) is 39.0 Å². The molecule has 128 valence electrons. The molecule has 7 heteroatoms. The second-order valence-corrected chi connectivity index (χ2v) is 7.81. The summed E-state index contributed by atoms with van der Waals surface area (Å²) in [5, 5.41) is 2.94. The van der Waals surface area contributed by atoms with Gasteiger partial charge in [0.2, 0.25) is 15.9 Å². The molecule has 0 spiro atoms. The second-order valence-electron chi connectivity index (χ2n) is 5.95. The molecule has 1 aliphatic carbocycles. The number of nitrogens with one attached hydrogen (secondary N) is 1. The third-order valence-electron chi connectivity index (χ3n) is 4.11. The molecule has 2 rings (SSSR count). The summed E-state index contributed by atoms with van der Waals surface area (Å²) in [7, 11) is -3.67. The molecule has 5 nitrogen and oxygen atoms in total. The van der Waals surface area contributed by atoms with Crippen LogP contribution in [0.25, 0.3) is 0 Å². The molecule has 0 heterocycles. The topological polar surface area (TPSA) is 66.5 Å². The van der Waals surface area contributed by atoms with E-state index in [0.717, 1.165) is 36.2 Å². The van der Waals surface area contributed by atoms with Crippen molar-refractivity contribution in [1.29, 1.82) is 0 Å². The Bertz CT molecular complexity index is 640. The van der Waals surface area contributed by atoms with E-state index in [-0.39, 0.29) is 11.9 Å². The summed E-state index contributed by atoms with van der Waals surface area (Å²) in [6.45, 7) is 1.76. The highest BCUT2D eigenvalue weighted by molar-refractivity contribution is 7.92. The number of sulfonamides is 1. The fourth-order valence-electron chi connectivity index (χ4n) is 3.02. The molecular weight excluding hydrogens is 319 g/mol. The summed E-state index contributed by atoms with van der Waals surface area (Å²) < 4.78 is 38.6. The van der Waals surface area contributed by atoms with Crippen LogP contribution in [-0.4, -0.2) is 32.7 Å². The van der Waals surface area contributed by atoms with Gasteiger partial charge >= 0.3 is 0 Å². The van der Waals surface area contributed by atoms with Crippen molar-refractivity contribution in [1.82, 2.24) is 5.32 Å². The molecule has 1 aromatic carbocycles. The van der Waals surface area contributed by atoms with Gasteiger partial charge in [-0.2, -0.15) is 0 Å². The Hall–Kier alpha value is -1.63. The van der Waals surface area contributed by atoms with Crippen LogP contribution in [0.3, 0.4) is 0 Å². The standard InChI is InChI=1S/C16H23FN2O3S/c1-3-15(16(20)18-13-6-4-5-7-13)19(23(2,21)22)14-10-8-12(17)9-11-14/h8-11,13,15H,3-7H2,1-2H3,(H,18,20). The van der Waals surface area contributed by atoms with Crippen LogP contribution in [0, 0.1) is 5.82 Å². The van der Waals surface area contributed by atoms with Gasteiger partial charge in [-0.3, -0.25) is 9.10 Å². The lowest BCUT2D eigenvalue weighted by Gasteiger charge is -2.31. The van der Waals surface area contributed by atoms with Crippen molar-refractivity contribution in [3.8, 4) is 0 Å². The van der Waals surface area contributed by atoms with E-state index in [1.54, 1.807) is 6.92 Å². The summed E-state index contributed by atoms with van der Waals surface area (Å²) >= 11 is 0. The van der Waals surface area contributed by atoms with Gasteiger partial charge in [-0.25, -0.2) is 12.8 Å². The average molecular weight is 342 g/mol. The molecule has 1 amide bonds. The van der Waals surface area contributed by atoms with Crippen molar-refractivity contribution in [2.24, 2.45) is 0 Å². The fourth-order valence-corrected chi connectivity index (χ4v) is 4.23. The maximum atomic E-state index is 13.1. The van der Waals surface area contributed by atoms with Crippen LogP contribution in [0.4, 0.5) is 10.1 Å². The lowest BCUT2D eigenvalue weighted by molar-refractivity contribution is -0.122. The summed E-state index contributed by atoms with van der Waals surface area (Å²) in [4.78, 5) is 12.6. The molecule has 1 fully saturated rings. The Morgan fingerprint density at radius 1 is 1.30 bits per heavy atom. The van der Waals surface area contributed by atoms with E-state index >= 15 is 0 Å². The minimum atomic E-state index is -3.67. The number of hydrogen-bond donors (Lipinski definition) is 1. The summed E-state index contributed by atoms with van der Waals surface area (Å²) in [6, 6.07) is 4.41. The van der Waals surface area contributed by atoms with Crippen LogP contribution in [0.2, 0.25) is 0 Å². The fraction of sp³-hybridized carbons (Fsp3) is 0.562. The predicted molar refractivity (Wildman–Crippen MR) is 88.2 cm³/mol. The summed E-state index contributed by atoms with van der Waals surface area (Å²) in [5.41, 5.74) is 0.294. The van der Waals surface area contributed by atoms with Gasteiger partial charge in [0, 0.05) is 6.04 Å². The molecule has 0 radical (unpaired) electrons. The van der Waals surface area contributed by atoms with Crippen molar-refractivity contribution >= 4 is 21.6 Å². The van der Waals surface area contributed by atoms with Crippen LogP contribution in [-0.2, 0) is 14.8 Å². The number of amides is 1. The maximum Gasteiger partial charge on any atom is 0.244 e. The minimum absolute atomic E-state index is 0.117. The van der Waals surface area contributed by atoms with E-state index < -0.39 is 21.9 Å². The number of halogens is 1. The number of carbonyl (C=O) groups excluding carboxylic acids is 1. The second kappa shape index (κ2) is 7.29. The third kappa shape index (κ3) is 4.43. The van der Waals surface area contributed by atoms with Gasteiger partial charge in [-0.1, -0.05) is 19.8 Å². The maximum absolute atomic E-state index is 13.1. The molecule has 1 saturated carbocycles. The van der Waals surface area contributed by atoms with Gasteiger partial charge in [0.05, 0.1) is 11.9 Å². The molecule has 23 heavy (non-hydrogen) atoms. The molecule has 0 aliphatic heterocycles. The molecule has 1 N–H and O–H groups in total. The first-order valence-corrected chi connectivity index (χ1v) is 9.73. The smallest absolute Gasteiger partial charge is 0.244 e. The number of hydrogen-bond acceptors (Lipinski definition) is 3. The molecule has 0 saturated heterocycles. The SMILES string of the molecule is CCC(C(=O)NC1CCCC1)N(c1ccc(F)cc1)S(C)(=O)=O. The summed E-state index contributed by atoms with van der Waals surface area (Å²) in [5.74, 6) is -0.750. The van der Waals surface area contributed by atoms with Gasteiger partial charge in [0.25, 0.3) is 0 Å². The normalized spacial score (nSPS) is 17.0. The lowest BCUT2D eigenvalue weighted by atomic mass is 10.1. The van der Waals surface area contributed by atoms with Crippen LogP contribution in [0.15, 0.2) is 24.3 Å². The van der Waals surface area contributed by atoms with Gasteiger partial charge in [-0.15, -0.1) is 0 Å². The van der Waals surface area contributed by atoms with Gasteiger partial charge in [0.15, 0.2) is 0 Å². The van der Waals surface area contributed by atoms with E-state index in [1.165, 1.54) is 24.3 Å². The Morgan fingerprint density at radius 2 is 1.87 bits per heavy atom. The van der Waals surface area contributed by atoms with Crippen LogP contribution >= 0.6 is 0 Å². The van der Waals surface area contributed by atoms with Crippen molar-refractivity contribution in [3.63, 3.8) is 0 Å². The predicted octanol–water partition coefficient (Wildman–Crippen LogP) is 2.43. The number of nitrogens with zero attached hydrogens (tertiary/aromatic N) is 1. The number of rotatable bonds is 6. The molecule has 1 aliphatic rings. The molecule has 1 unspecified atom stereocenters. The van der Waals surface area contributed by atoms with E-state index in [1.807, 2.05) is 0 Å². The molecular formula is C16H23FN2O3S. The Kier molecular flexibility index (Phi) is 5.62. The first-order valence-electron chi connectivity index (χ1n) is 7.88. The highest BCUT2D eigenvalue weighted by Crippen LogP contribution is 2.24. The molecule has 1 atom stereocenters. The lowest BCUT2D eigenvalue weighted by Crippen LogP contribution is -2.51. The Labute approximate surface area is 136 Å². The summed E-state index contributed by atoms with van der Waals surface area (Å²) in [6.07, 6.45) is 5.41. The number of anilines is 1. The van der Waals surface area contributed by atoms with Gasteiger partial charge in [-0.05, 0) is 43.5 Å². The van der Waals surface area contributed by atoms with E-state index in [4.69, 9.17) is 0 Å². The van der Waals surface area contributed by atoms with Gasteiger partial charge in [0.1, 0.15) is 11.9 Å². The Morgan fingerprint density at radius 3 is 2.35 bits per heavy atom. The first kappa shape index (κ1) is 17.7. The largest absolute Gasteiger partial charge is 0.352 e. The van der Waals surface area contributed by atoms with Crippen molar-refractivity contribution in [2.75, 3.05) is 10.6 Å². The van der Waals surface area contributed by atoms with E-state index in [2.05, 4.69) is 5.32 Å². The van der Waals surface area contributed by atoms with Gasteiger partial charge < -0.3 is 5.32 Å². The molecule has 0 bridgehead atoms. The van der Waals surface area contributed by atoms with Crippen molar-refractivity contribution in [3.05, 3.63) is 30.1 Å². The zero-order valence-corrected chi connectivity index (χ0v) is 14.3. The average Bonchev–Trinajstić information content (AvgIpc) is 2.97. The number of carbonyl (C=O) groups is 1. The monoisotopic (exact) mass is 342 g/mol. The zero-order valence-electron chi connectivity index (χ0n) is 13.5. The molecule has 1 aromatic rings. The quantitative estimate of drug-likeness (QED) is 0.863. The van der Waals surface area contributed by atoms with E-state index in [0.29, 0.717) is 12.1 Å². The first-order chi connectivity index (χ1) is 10.8. The number of benzene rings is 1. The van der Waals surface area contributed by atoms with Crippen molar-refractivity contribution in [2.45, 2.75) is 51.1 Å². The van der Waals surface area contributed by atoms with Crippen LogP contribution < -0.4 is 9.62 Å². The highest BCUT2D eigenvalue weighted by Gasteiger charge is 2.32. The highest BCUT2D eigenvalue weighted by atomic mass is 32.2. The molecule has 0 aromatic heterocycles. The van der Waals surface area contributed by atoms with Crippen LogP contribution in [0.5, 0.6) is 0 Å². The Balaban J connectivity index is 2.28. The third-order valence-corrected chi connectivity index (χ3v) is 5.29. The minimum Gasteiger partial charge on any atom is -0.352 e. The van der Waals surface area contributed by atoms with Crippen molar-refractivity contribution < 1.29 is 17.6 Å². The van der Waals surface area contributed by atoms with E-state index in [9.17, 15) is 17.6 Å².